The molecule has 0 heterocycles. The molecule has 20 heavy (non-hydrogen) atoms. The minimum Gasteiger partial charge on any atom is -0.309 e. The molecule has 1 aromatic rings. The van der Waals surface area contributed by atoms with Gasteiger partial charge < -0.3 is 5.32 Å². The molecule has 1 saturated carbocycles. The standard InChI is InChI=1S/C18H28N2/c1-13(20(3)18-9-10-18)12-19-14(2)16-8-7-15-5-4-6-17(15)11-16/h7-8,11,13-14,18-19H,4-6,9-10,12H2,1-3H3. The summed E-state index contributed by atoms with van der Waals surface area (Å²) in [6.45, 7) is 5.70. The summed E-state index contributed by atoms with van der Waals surface area (Å²) >= 11 is 0. The maximum Gasteiger partial charge on any atom is 0.0292 e. The van der Waals surface area contributed by atoms with Crippen LogP contribution in [0.4, 0.5) is 0 Å². The highest BCUT2D eigenvalue weighted by molar-refractivity contribution is 5.36. The molecule has 0 amide bonds. The van der Waals surface area contributed by atoms with Gasteiger partial charge in [-0.15, -0.1) is 0 Å². The van der Waals surface area contributed by atoms with Crippen molar-refractivity contribution in [2.24, 2.45) is 0 Å². The van der Waals surface area contributed by atoms with Crippen LogP contribution >= 0.6 is 0 Å². The van der Waals surface area contributed by atoms with Crippen LogP contribution in [-0.2, 0) is 12.8 Å². The molecule has 0 aliphatic heterocycles. The molecular formula is C18H28N2. The van der Waals surface area contributed by atoms with E-state index in [2.05, 4.69) is 49.3 Å². The second-order valence-corrected chi connectivity index (χ2v) is 6.76. The Balaban J connectivity index is 1.54. The summed E-state index contributed by atoms with van der Waals surface area (Å²) in [6.07, 6.45) is 6.67. The normalized spacial score (nSPS) is 21.0. The van der Waals surface area contributed by atoms with Crippen LogP contribution < -0.4 is 5.32 Å². The van der Waals surface area contributed by atoms with Gasteiger partial charge in [-0.1, -0.05) is 18.2 Å². The largest absolute Gasteiger partial charge is 0.309 e. The van der Waals surface area contributed by atoms with Crippen molar-refractivity contribution in [1.29, 1.82) is 0 Å². The molecule has 0 saturated heterocycles. The third-order valence-electron chi connectivity index (χ3n) is 5.16. The van der Waals surface area contributed by atoms with Gasteiger partial charge in [0, 0.05) is 24.7 Å². The predicted molar refractivity (Wildman–Crippen MR) is 85.1 cm³/mol. The number of fused-ring (bicyclic) bond motifs is 1. The summed E-state index contributed by atoms with van der Waals surface area (Å²) in [5, 5.41) is 3.71. The predicted octanol–water partition coefficient (Wildman–Crippen LogP) is 3.31. The van der Waals surface area contributed by atoms with E-state index in [1.54, 1.807) is 11.1 Å². The van der Waals surface area contributed by atoms with E-state index < -0.39 is 0 Å². The fourth-order valence-electron chi connectivity index (χ4n) is 3.31. The van der Waals surface area contributed by atoms with E-state index in [-0.39, 0.29) is 0 Å². The summed E-state index contributed by atoms with van der Waals surface area (Å²) < 4.78 is 0. The number of benzene rings is 1. The Hall–Kier alpha value is -0.860. The Labute approximate surface area is 123 Å². The van der Waals surface area contributed by atoms with E-state index in [9.17, 15) is 0 Å². The molecule has 0 radical (unpaired) electrons. The fraction of sp³-hybridized carbons (Fsp3) is 0.667. The van der Waals surface area contributed by atoms with Crippen LogP contribution in [0.25, 0.3) is 0 Å². The molecule has 110 valence electrons. The molecular weight excluding hydrogens is 244 g/mol. The highest BCUT2D eigenvalue weighted by Gasteiger charge is 2.29. The van der Waals surface area contributed by atoms with Gasteiger partial charge in [0.15, 0.2) is 0 Å². The van der Waals surface area contributed by atoms with Crippen LogP contribution in [0.2, 0.25) is 0 Å². The van der Waals surface area contributed by atoms with Crippen molar-refractivity contribution >= 4 is 0 Å². The second kappa shape index (κ2) is 5.87. The minimum atomic E-state index is 0.455. The Bertz CT molecular complexity index is 464. The van der Waals surface area contributed by atoms with Crippen molar-refractivity contribution in [2.45, 2.75) is 64.1 Å². The lowest BCUT2D eigenvalue weighted by Crippen LogP contribution is -2.39. The van der Waals surface area contributed by atoms with Crippen molar-refractivity contribution < 1.29 is 0 Å². The maximum absolute atomic E-state index is 3.71. The summed E-state index contributed by atoms with van der Waals surface area (Å²) in [4.78, 5) is 2.53. The molecule has 1 fully saturated rings. The fourth-order valence-corrected chi connectivity index (χ4v) is 3.31. The first-order valence-corrected chi connectivity index (χ1v) is 8.22. The van der Waals surface area contributed by atoms with E-state index in [0.29, 0.717) is 12.1 Å². The van der Waals surface area contributed by atoms with E-state index >= 15 is 0 Å². The number of nitrogens with one attached hydrogen (secondary N) is 1. The lowest BCUT2D eigenvalue weighted by Gasteiger charge is -2.26. The van der Waals surface area contributed by atoms with Gasteiger partial charge in [-0.25, -0.2) is 0 Å². The average molecular weight is 272 g/mol. The Morgan fingerprint density at radius 1 is 1.20 bits per heavy atom. The van der Waals surface area contributed by atoms with Crippen LogP contribution in [0.5, 0.6) is 0 Å². The van der Waals surface area contributed by atoms with Crippen LogP contribution in [0, 0.1) is 0 Å². The molecule has 2 atom stereocenters. The zero-order chi connectivity index (χ0) is 14.1. The lowest BCUT2D eigenvalue weighted by atomic mass is 10.0. The highest BCUT2D eigenvalue weighted by Crippen LogP contribution is 2.27. The van der Waals surface area contributed by atoms with Gasteiger partial charge in [-0.05, 0) is 69.7 Å². The summed E-state index contributed by atoms with van der Waals surface area (Å²) in [6, 6.07) is 9.01. The van der Waals surface area contributed by atoms with Crippen LogP contribution in [0.3, 0.4) is 0 Å². The molecule has 2 unspecified atom stereocenters. The third-order valence-corrected chi connectivity index (χ3v) is 5.16. The van der Waals surface area contributed by atoms with Gasteiger partial charge in [0.05, 0.1) is 0 Å². The molecule has 1 N–H and O–H groups in total. The molecule has 2 heteroatoms. The summed E-state index contributed by atoms with van der Waals surface area (Å²) in [5.41, 5.74) is 4.61. The lowest BCUT2D eigenvalue weighted by molar-refractivity contribution is 0.237. The van der Waals surface area contributed by atoms with Crippen LogP contribution in [-0.4, -0.2) is 30.6 Å². The van der Waals surface area contributed by atoms with Gasteiger partial charge >= 0.3 is 0 Å². The van der Waals surface area contributed by atoms with Gasteiger partial charge in [0.2, 0.25) is 0 Å². The van der Waals surface area contributed by atoms with E-state index in [4.69, 9.17) is 0 Å². The van der Waals surface area contributed by atoms with Gasteiger partial charge in [0.1, 0.15) is 0 Å². The maximum atomic E-state index is 3.71. The molecule has 0 aromatic heterocycles. The van der Waals surface area contributed by atoms with Crippen LogP contribution in [0.1, 0.15) is 55.8 Å². The number of aryl methyl sites for hydroxylation is 2. The molecule has 0 spiro atoms. The molecule has 2 nitrogen and oxygen atoms in total. The first-order chi connectivity index (χ1) is 9.65. The second-order valence-electron chi connectivity index (χ2n) is 6.76. The highest BCUT2D eigenvalue weighted by atomic mass is 15.2. The average Bonchev–Trinajstić information content (AvgIpc) is 3.20. The number of rotatable bonds is 6. The zero-order valence-electron chi connectivity index (χ0n) is 13.2. The third kappa shape index (κ3) is 3.07. The van der Waals surface area contributed by atoms with E-state index in [1.165, 1.54) is 37.7 Å². The van der Waals surface area contributed by atoms with Gasteiger partial charge in [-0.2, -0.15) is 0 Å². The SMILES string of the molecule is CC(NCC(C)N(C)C1CC1)c1ccc2c(c1)CCC2. The molecule has 1 aromatic carbocycles. The summed E-state index contributed by atoms with van der Waals surface area (Å²) in [5.74, 6) is 0. The molecule has 2 aliphatic rings. The topological polar surface area (TPSA) is 15.3 Å². The number of nitrogens with zero attached hydrogens (tertiary/aromatic N) is 1. The van der Waals surface area contributed by atoms with Gasteiger partial charge in [0.25, 0.3) is 0 Å². The summed E-state index contributed by atoms with van der Waals surface area (Å²) in [7, 11) is 2.27. The first kappa shape index (κ1) is 14.1. The molecule has 3 rings (SSSR count). The number of hydrogen-bond acceptors (Lipinski definition) is 2. The monoisotopic (exact) mass is 272 g/mol. The molecule has 0 bridgehead atoms. The van der Waals surface area contributed by atoms with E-state index in [1.807, 2.05) is 0 Å². The van der Waals surface area contributed by atoms with Crippen molar-refractivity contribution in [2.75, 3.05) is 13.6 Å². The zero-order valence-corrected chi connectivity index (χ0v) is 13.2. The smallest absolute Gasteiger partial charge is 0.0292 e. The molecule has 2 aliphatic carbocycles. The Morgan fingerprint density at radius 3 is 2.70 bits per heavy atom. The first-order valence-electron chi connectivity index (χ1n) is 8.22. The van der Waals surface area contributed by atoms with Crippen molar-refractivity contribution in [3.05, 3.63) is 34.9 Å². The Morgan fingerprint density at radius 2 is 1.95 bits per heavy atom. The van der Waals surface area contributed by atoms with Gasteiger partial charge in [-0.3, -0.25) is 4.90 Å². The number of likely N-dealkylation sites (N-methyl/N-ethyl adjacent to an activating group) is 1. The Kier molecular flexibility index (Phi) is 4.13. The van der Waals surface area contributed by atoms with E-state index in [0.717, 1.165) is 12.6 Å². The number of hydrogen-bond donors (Lipinski definition) is 1. The minimum absolute atomic E-state index is 0.455. The van der Waals surface area contributed by atoms with Crippen molar-refractivity contribution in [3.63, 3.8) is 0 Å². The van der Waals surface area contributed by atoms with Crippen LogP contribution in [0.15, 0.2) is 18.2 Å². The van der Waals surface area contributed by atoms with Crippen molar-refractivity contribution in [3.8, 4) is 0 Å². The van der Waals surface area contributed by atoms with Crippen molar-refractivity contribution in [1.82, 2.24) is 10.2 Å². The quantitative estimate of drug-likeness (QED) is 0.854.